The maximum absolute atomic E-state index is 12.5. The Morgan fingerprint density at radius 3 is 1.00 bits per heavy atom. The van der Waals surface area contributed by atoms with Crippen molar-refractivity contribution in [2.45, 2.75) is 12.4 Å². The molecule has 0 saturated carbocycles. The largest absolute Gasteiger partial charge is 0.416 e. The van der Waals surface area contributed by atoms with Crippen LogP contribution in [0.1, 0.15) is 31.8 Å². The highest BCUT2D eigenvalue weighted by molar-refractivity contribution is 6.06. The summed E-state index contributed by atoms with van der Waals surface area (Å²) in [5, 5.41) is 0. The normalized spacial score (nSPS) is 11.2. The van der Waals surface area contributed by atoms with E-state index in [0.717, 1.165) is 24.3 Å². The van der Waals surface area contributed by atoms with Crippen molar-refractivity contribution in [3.63, 3.8) is 0 Å². The van der Waals surface area contributed by atoms with E-state index in [0.29, 0.717) is 22.5 Å². The van der Waals surface area contributed by atoms with Crippen molar-refractivity contribution in [1.82, 2.24) is 0 Å². The summed E-state index contributed by atoms with van der Waals surface area (Å²) in [6.45, 7) is 0. The summed E-state index contributed by atoms with van der Waals surface area (Å²) in [7, 11) is 3.05. The fourth-order valence-corrected chi connectivity index (χ4v) is 3.53. The minimum absolute atomic E-state index is 0.273. The van der Waals surface area contributed by atoms with E-state index in [1.165, 1.54) is 48.2 Å². The second-order valence-corrected chi connectivity index (χ2v) is 8.55. The molecule has 0 radical (unpaired) electrons. The number of carbonyl (C=O) groups is 2. The molecule has 0 fully saturated rings. The highest BCUT2D eigenvalue weighted by Crippen LogP contribution is 2.31. The lowest BCUT2D eigenvalue weighted by Crippen LogP contribution is -2.26. The molecule has 0 spiro atoms. The molecule has 4 aromatic carbocycles. The molecule has 0 heterocycles. The van der Waals surface area contributed by atoms with E-state index in [1.54, 1.807) is 60.7 Å². The monoisotopic (exact) mass is 558 g/mol. The molecule has 0 N–H and O–H groups in total. The van der Waals surface area contributed by atoms with Gasteiger partial charge in [0, 0.05) is 36.6 Å². The molecule has 0 aliphatic carbocycles. The third kappa shape index (κ3) is 7.72. The van der Waals surface area contributed by atoms with E-state index in [9.17, 15) is 35.9 Å². The molecule has 10 heteroatoms. The minimum Gasteiger partial charge on any atom is -0.311 e. The van der Waals surface area contributed by atoms with Crippen LogP contribution in [-0.2, 0) is 12.4 Å². The number of rotatable bonds is 4. The molecule has 4 nitrogen and oxygen atoms in total. The molecular formula is C30H24F6N2O2. The first-order valence-electron chi connectivity index (χ1n) is 11.8. The van der Waals surface area contributed by atoms with Crippen LogP contribution >= 0.6 is 0 Å². The number of alkyl halides is 6. The van der Waals surface area contributed by atoms with Gasteiger partial charge < -0.3 is 9.80 Å². The average Bonchev–Trinajstić information content (AvgIpc) is 2.96. The van der Waals surface area contributed by atoms with E-state index < -0.39 is 23.5 Å². The standard InChI is InChI=1S/2C15H12F3NO/c2*1-19(14(20)11-5-3-2-4-6-11)13-9-7-12(8-10-13)15(16,17)18/h2*2-10H,1H3. The first-order chi connectivity index (χ1) is 18.8. The van der Waals surface area contributed by atoms with Crippen molar-refractivity contribution in [2.24, 2.45) is 0 Å². The lowest BCUT2D eigenvalue weighted by molar-refractivity contribution is -0.138. The fraction of sp³-hybridized carbons (Fsp3) is 0.133. The van der Waals surface area contributed by atoms with E-state index >= 15 is 0 Å². The van der Waals surface area contributed by atoms with Crippen LogP contribution < -0.4 is 9.80 Å². The van der Waals surface area contributed by atoms with Gasteiger partial charge in [0.05, 0.1) is 11.1 Å². The average molecular weight is 559 g/mol. The molecule has 0 unspecified atom stereocenters. The third-order valence-electron chi connectivity index (χ3n) is 5.81. The van der Waals surface area contributed by atoms with Crippen LogP contribution in [0.15, 0.2) is 109 Å². The van der Waals surface area contributed by atoms with Gasteiger partial charge in [-0.15, -0.1) is 0 Å². The van der Waals surface area contributed by atoms with Gasteiger partial charge in [0.1, 0.15) is 0 Å². The van der Waals surface area contributed by atoms with Gasteiger partial charge in [-0.1, -0.05) is 36.4 Å². The number of hydrogen-bond acceptors (Lipinski definition) is 2. The van der Waals surface area contributed by atoms with Crippen molar-refractivity contribution in [3.05, 3.63) is 131 Å². The molecule has 4 aromatic rings. The number of halogens is 6. The molecule has 0 aliphatic heterocycles. The van der Waals surface area contributed by atoms with E-state index in [2.05, 4.69) is 0 Å². The third-order valence-corrected chi connectivity index (χ3v) is 5.81. The molecule has 40 heavy (non-hydrogen) atoms. The SMILES string of the molecule is CN(C(=O)c1ccccc1)c1ccc(C(F)(F)F)cc1.CN(C(=O)c1ccccc1)c1ccc(C(F)(F)F)cc1. The second kappa shape index (κ2) is 12.5. The van der Waals surface area contributed by atoms with Crippen LogP contribution in [0.3, 0.4) is 0 Å². The summed E-state index contributed by atoms with van der Waals surface area (Å²) >= 11 is 0. The van der Waals surface area contributed by atoms with Gasteiger partial charge in [0.2, 0.25) is 0 Å². The summed E-state index contributed by atoms with van der Waals surface area (Å²) in [4.78, 5) is 26.9. The van der Waals surface area contributed by atoms with Crippen LogP contribution in [0, 0.1) is 0 Å². The Kier molecular flexibility index (Phi) is 9.36. The van der Waals surface area contributed by atoms with E-state index in [-0.39, 0.29) is 11.8 Å². The zero-order valence-corrected chi connectivity index (χ0v) is 21.4. The lowest BCUT2D eigenvalue weighted by Gasteiger charge is -2.18. The smallest absolute Gasteiger partial charge is 0.311 e. The van der Waals surface area contributed by atoms with E-state index in [1.807, 2.05) is 0 Å². The van der Waals surface area contributed by atoms with Gasteiger partial charge in [-0.2, -0.15) is 26.3 Å². The van der Waals surface area contributed by atoms with Crippen LogP contribution in [0.2, 0.25) is 0 Å². The molecule has 0 atom stereocenters. The van der Waals surface area contributed by atoms with Crippen molar-refractivity contribution >= 4 is 23.2 Å². The molecule has 0 bridgehead atoms. The van der Waals surface area contributed by atoms with Crippen LogP contribution in [0.4, 0.5) is 37.7 Å². The quantitative estimate of drug-likeness (QED) is 0.239. The van der Waals surface area contributed by atoms with Crippen LogP contribution in [0.25, 0.3) is 0 Å². The first kappa shape index (κ1) is 29.9. The van der Waals surface area contributed by atoms with Crippen LogP contribution in [-0.4, -0.2) is 25.9 Å². The molecule has 0 aromatic heterocycles. The highest BCUT2D eigenvalue weighted by atomic mass is 19.4. The van der Waals surface area contributed by atoms with Gasteiger partial charge in [-0.25, -0.2) is 0 Å². The Hall–Kier alpha value is -4.60. The molecule has 0 aliphatic rings. The summed E-state index contributed by atoms with van der Waals surface area (Å²) in [5.74, 6) is -0.546. The van der Waals surface area contributed by atoms with Gasteiger partial charge in [0.25, 0.3) is 11.8 Å². The first-order valence-corrected chi connectivity index (χ1v) is 11.8. The number of carbonyl (C=O) groups excluding carboxylic acids is 2. The topological polar surface area (TPSA) is 40.6 Å². The number of amides is 2. The molecule has 2 amide bonds. The summed E-state index contributed by atoms with van der Waals surface area (Å²) in [6.07, 6.45) is -8.75. The summed E-state index contributed by atoms with van der Waals surface area (Å²) in [5.41, 5.74) is 0.312. The maximum Gasteiger partial charge on any atom is 0.416 e. The zero-order valence-electron chi connectivity index (χ0n) is 21.4. The number of benzene rings is 4. The molecule has 4 rings (SSSR count). The summed E-state index contributed by atoms with van der Waals surface area (Å²) < 4.78 is 74.8. The Morgan fingerprint density at radius 2 is 0.750 bits per heavy atom. The minimum atomic E-state index is -4.37. The maximum atomic E-state index is 12.5. The zero-order chi connectivity index (χ0) is 29.5. The van der Waals surface area contributed by atoms with Gasteiger partial charge in [0.15, 0.2) is 0 Å². The highest BCUT2D eigenvalue weighted by Gasteiger charge is 2.31. The van der Waals surface area contributed by atoms with Gasteiger partial charge >= 0.3 is 12.4 Å². The number of anilines is 2. The van der Waals surface area contributed by atoms with Crippen molar-refractivity contribution in [2.75, 3.05) is 23.9 Å². The van der Waals surface area contributed by atoms with Crippen LogP contribution in [0.5, 0.6) is 0 Å². The van der Waals surface area contributed by atoms with Gasteiger partial charge in [-0.3, -0.25) is 9.59 Å². The molecular weight excluding hydrogens is 534 g/mol. The Bertz CT molecular complexity index is 1290. The van der Waals surface area contributed by atoms with Gasteiger partial charge in [-0.05, 0) is 72.8 Å². The second-order valence-electron chi connectivity index (χ2n) is 8.55. The Morgan fingerprint density at radius 1 is 0.475 bits per heavy atom. The fourth-order valence-electron chi connectivity index (χ4n) is 3.53. The van der Waals surface area contributed by atoms with E-state index in [4.69, 9.17) is 0 Å². The predicted octanol–water partition coefficient (Wildman–Crippen LogP) is 7.96. The van der Waals surface area contributed by atoms with Crippen molar-refractivity contribution < 1.29 is 35.9 Å². The Balaban J connectivity index is 0.000000220. The number of hydrogen-bond donors (Lipinski definition) is 0. The van der Waals surface area contributed by atoms with Crippen molar-refractivity contribution in [3.8, 4) is 0 Å². The predicted molar refractivity (Wildman–Crippen MR) is 141 cm³/mol. The van der Waals surface area contributed by atoms with Crippen molar-refractivity contribution in [1.29, 1.82) is 0 Å². The molecule has 208 valence electrons. The lowest BCUT2D eigenvalue weighted by atomic mass is 10.1. The summed E-state index contributed by atoms with van der Waals surface area (Å²) in [6, 6.07) is 26.1. The molecule has 0 saturated heterocycles. The number of nitrogens with zero attached hydrogens (tertiary/aromatic N) is 2. The Labute approximate surface area is 227 Å².